The summed E-state index contributed by atoms with van der Waals surface area (Å²) in [5.41, 5.74) is 0.417. The van der Waals surface area contributed by atoms with Crippen LogP contribution in [0.5, 0.6) is 5.75 Å². The monoisotopic (exact) mass is 339 g/mol. The summed E-state index contributed by atoms with van der Waals surface area (Å²) in [6.45, 7) is 4.34. The van der Waals surface area contributed by atoms with E-state index in [0.717, 1.165) is 6.42 Å². The number of anilines is 1. The number of sulfonamides is 1. The number of benzene rings is 1. The van der Waals surface area contributed by atoms with Gasteiger partial charge in [-0.25, -0.2) is 8.42 Å². The minimum Gasteiger partial charge on any atom is -0.492 e. The Morgan fingerprint density at radius 3 is 2.65 bits per heavy atom. The fraction of sp³-hybridized carbons (Fsp3) is 0.538. The van der Waals surface area contributed by atoms with Crippen LogP contribution in [0, 0.1) is 5.92 Å². The van der Waals surface area contributed by atoms with Crippen LogP contribution in [0.4, 0.5) is 5.69 Å². The van der Waals surface area contributed by atoms with Crippen molar-refractivity contribution in [1.29, 1.82) is 0 Å². The molecule has 0 radical (unpaired) electrons. The summed E-state index contributed by atoms with van der Waals surface area (Å²) in [5, 5.41) is 0.379. The van der Waals surface area contributed by atoms with Gasteiger partial charge in [0.05, 0.1) is 23.1 Å². The van der Waals surface area contributed by atoms with Crippen molar-refractivity contribution in [2.75, 3.05) is 23.0 Å². The largest absolute Gasteiger partial charge is 0.492 e. The molecule has 1 aromatic rings. The van der Waals surface area contributed by atoms with Gasteiger partial charge in [-0.3, -0.25) is 4.72 Å². The van der Waals surface area contributed by atoms with Crippen molar-refractivity contribution >= 4 is 38.9 Å². The van der Waals surface area contributed by atoms with E-state index in [-0.39, 0.29) is 11.7 Å². The van der Waals surface area contributed by atoms with Gasteiger partial charge in [0.1, 0.15) is 5.75 Å². The van der Waals surface area contributed by atoms with Crippen molar-refractivity contribution in [1.82, 2.24) is 0 Å². The molecule has 0 bridgehead atoms. The standard InChI is InChI=1S/C13H19Cl2NO3S/c1-3-6-19-13-5-4-11(7-12(13)15)16-20(17,18)9-10(2)8-14/h4-5,7,10,16H,3,6,8-9H2,1-2H3. The fourth-order valence-corrected chi connectivity index (χ4v) is 3.44. The molecule has 1 N–H and O–H groups in total. The van der Waals surface area contributed by atoms with Crippen molar-refractivity contribution in [3.63, 3.8) is 0 Å². The Labute approximate surface area is 130 Å². The van der Waals surface area contributed by atoms with Gasteiger partial charge < -0.3 is 4.74 Å². The molecule has 0 saturated heterocycles. The molecular weight excluding hydrogens is 321 g/mol. The van der Waals surface area contributed by atoms with E-state index in [0.29, 0.717) is 28.9 Å². The Bertz CT molecular complexity index is 534. The van der Waals surface area contributed by atoms with Crippen molar-refractivity contribution in [3.8, 4) is 5.75 Å². The summed E-state index contributed by atoms with van der Waals surface area (Å²) in [7, 11) is -3.43. The predicted octanol–water partition coefficient (Wildman–Crippen LogP) is 3.75. The Morgan fingerprint density at radius 2 is 2.10 bits per heavy atom. The maximum absolute atomic E-state index is 11.9. The first-order chi connectivity index (χ1) is 9.38. The van der Waals surface area contributed by atoms with Crippen LogP contribution in [-0.2, 0) is 10.0 Å². The number of halogens is 2. The second kappa shape index (κ2) is 7.96. The highest BCUT2D eigenvalue weighted by molar-refractivity contribution is 7.92. The summed E-state index contributed by atoms with van der Waals surface area (Å²) in [4.78, 5) is 0. The third-order valence-electron chi connectivity index (χ3n) is 2.43. The number of hydrogen-bond donors (Lipinski definition) is 1. The van der Waals surface area contributed by atoms with E-state index in [1.54, 1.807) is 19.1 Å². The third kappa shape index (κ3) is 5.77. The lowest BCUT2D eigenvalue weighted by Gasteiger charge is -2.12. The lowest BCUT2D eigenvalue weighted by atomic mass is 10.3. The SMILES string of the molecule is CCCOc1ccc(NS(=O)(=O)CC(C)CCl)cc1Cl. The van der Waals surface area contributed by atoms with E-state index >= 15 is 0 Å². The molecule has 0 aliphatic heterocycles. The molecule has 4 nitrogen and oxygen atoms in total. The van der Waals surface area contributed by atoms with Crippen molar-refractivity contribution in [2.24, 2.45) is 5.92 Å². The average molecular weight is 340 g/mol. The highest BCUT2D eigenvalue weighted by Gasteiger charge is 2.15. The van der Waals surface area contributed by atoms with Crippen molar-refractivity contribution in [3.05, 3.63) is 23.2 Å². The van der Waals surface area contributed by atoms with Crippen LogP contribution < -0.4 is 9.46 Å². The van der Waals surface area contributed by atoms with E-state index in [2.05, 4.69) is 4.72 Å². The van der Waals surface area contributed by atoms with Crippen LogP contribution in [0.25, 0.3) is 0 Å². The Kier molecular flexibility index (Phi) is 6.92. The number of alkyl halides is 1. The van der Waals surface area contributed by atoms with Crippen LogP contribution in [0.3, 0.4) is 0 Å². The van der Waals surface area contributed by atoms with E-state index in [9.17, 15) is 8.42 Å². The van der Waals surface area contributed by atoms with Gasteiger partial charge in [-0.1, -0.05) is 25.4 Å². The molecule has 0 saturated carbocycles. The Hall–Kier alpha value is -0.650. The number of rotatable bonds is 8. The highest BCUT2D eigenvalue weighted by Crippen LogP contribution is 2.28. The summed E-state index contributed by atoms with van der Waals surface area (Å²) in [5.74, 6) is 0.704. The summed E-state index contributed by atoms with van der Waals surface area (Å²) in [6.07, 6.45) is 0.876. The zero-order chi connectivity index (χ0) is 15.2. The third-order valence-corrected chi connectivity index (χ3v) is 4.81. The molecule has 114 valence electrons. The van der Waals surface area contributed by atoms with Crippen LogP contribution in [0.15, 0.2) is 18.2 Å². The highest BCUT2D eigenvalue weighted by atomic mass is 35.5. The minimum absolute atomic E-state index is 0.0256. The van der Waals surface area contributed by atoms with Crippen LogP contribution in [-0.4, -0.2) is 26.7 Å². The van der Waals surface area contributed by atoms with E-state index < -0.39 is 10.0 Å². The molecule has 1 atom stereocenters. The first-order valence-corrected chi connectivity index (χ1v) is 8.93. The number of hydrogen-bond acceptors (Lipinski definition) is 3. The van der Waals surface area contributed by atoms with Gasteiger partial charge in [-0.2, -0.15) is 0 Å². The smallest absolute Gasteiger partial charge is 0.233 e. The lowest BCUT2D eigenvalue weighted by Crippen LogP contribution is -2.22. The van der Waals surface area contributed by atoms with Crippen LogP contribution in [0.2, 0.25) is 5.02 Å². The van der Waals surface area contributed by atoms with Crippen molar-refractivity contribution in [2.45, 2.75) is 20.3 Å². The Morgan fingerprint density at radius 1 is 1.40 bits per heavy atom. The fourth-order valence-electron chi connectivity index (χ4n) is 1.53. The summed E-state index contributed by atoms with van der Waals surface area (Å²) >= 11 is 11.7. The molecule has 1 unspecified atom stereocenters. The minimum atomic E-state index is -3.43. The molecule has 20 heavy (non-hydrogen) atoms. The molecular formula is C13H19Cl2NO3S. The zero-order valence-electron chi connectivity index (χ0n) is 11.5. The van der Waals surface area contributed by atoms with Gasteiger partial charge in [0.2, 0.25) is 10.0 Å². The topological polar surface area (TPSA) is 55.4 Å². The first-order valence-electron chi connectivity index (χ1n) is 6.36. The quantitative estimate of drug-likeness (QED) is 0.734. The molecule has 7 heteroatoms. The molecule has 0 aliphatic rings. The van der Waals surface area contributed by atoms with Gasteiger partial charge in [-0.05, 0) is 30.5 Å². The maximum atomic E-state index is 11.9. The van der Waals surface area contributed by atoms with Gasteiger partial charge in [-0.15, -0.1) is 11.6 Å². The van der Waals surface area contributed by atoms with Gasteiger partial charge in [0, 0.05) is 5.88 Å². The van der Waals surface area contributed by atoms with E-state index in [1.165, 1.54) is 6.07 Å². The molecule has 1 rings (SSSR count). The second-order valence-corrected chi connectivity index (χ2v) is 7.12. The maximum Gasteiger partial charge on any atom is 0.233 e. The first kappa shape index (κ1) is 17.4. The molecule has 0 amide bonds. The molecule has 1 aromatic carbocycles. The molecule has 0 spiro atoms. The predicted molar refractivity (Wildman–Crippen MR) is 84.5 cm³/mol. The Balaban J connectivity index is 2.76. The van der Waals surface area contributed by atoms with Crippen LogP contribution >= 0.6 is 23.2 Å². The molecule has 0 heterocycles. The summed E-state index contributed by atoms with van der Waals surface area (Å²) in [6, 6.07) is 4.82. The average Bonchev–Trinajstić information content (AvgIpc) is 2.36. The van der Waals surface area contributed by atoms with Crippen molar-refractivity contribution < 1.29 is 13.2 Å². The number of nitrogens with one attached hydrogen (secondary N) is 1. The number of ether oxygens (including phenoxy) is 1. The van der Waals surface area contributed by atoms with Crippen LogP contribution in [0.1, 0.15) is 20.3 Å². The molecule has 0 fully saturated rings. The van der Waals surface area contributed by atoms with Gasteiger partial charge in [0.25, 0.3) is 0 Å². The summed E-state index contributed by atoms with van der Waals surface area (Å²) < 4.78 is 31.7. The lowest BCUT2D eigenvalue weighted by molar-refractivity contribution is 0.317. The zero-order valence-corrected chi connectivity index (χ0v) is 13.9. The van der Waals surface area contributed by atoms with Gasteiger partial charge in [0.15, 0.2) is 0 Å². The van der Waals surface area contributed by atoms with Gasteiger partial charge >= 0.3 is 0 Å². The van der Waals surface area contributed by atoms with E-state index in [1.807, 2.05) is 6.92 Å². The van der Waals surface area contributed by atoms with E-state index in [4.69, 9.17) is 27.9 Å². The molecule has 0 aromatic heterocycles. The molecule has 0 aliphatic carbocycles. The normalized spacial score (nSPS) is 13.0. The second-order valence-electron chi connectivity index (χ2n) is 4.64.